The van der Waals surface area contributed by atoms with Gasteiger partial charge in [0.2, 0.25) is 5.91 Å². The van der Waals surface area contributed by atoms with Gasteiger partial charge in [0.15, 0.2) is 0 Å². The number of rotatable bonds is 5. The fraction of sp³-hybridized carbons (Fsp3) is 0.316. The van der Waals surface area contributed by atoms with Crippen LogP contribution in [-0.4, -0.2) is 20.1 Å². The molecule has 0 fully saturated rings. The first-order valence-electron chi connectivity index (χ1n) is 8.46. The van der Waals surface area contributed by atoms with Crippen LogP contribution in [0.25, 0.3) is 5.52 Å². The highest BCUT2D eigenvalue weighted by atomic mass is 19.1. The number of nitrogens with zero attached hydrogens (tertiary/aromatic N) is 3. The number of benzene rings is 1. The molecule has 0 unspecified atom stereocenters. The van der Waals surface area contributed by atoms with Crippen molar-refractivity contribution in [3.05, 3.63) is 70.2 Å². The highest BCUT2D eigenvalue weighted by Gasteiger charge is 2.19. The highest BCUT2D eigenvalue weighted by molar-refractivity contribution is 5.76. The van der Waals surface area contributed by atoms with Gasteiger partial charge < -0.3 is 5.32 Å². The number of nitrogens with one attached hydrogen (secondary N) is 1. The molecule has 1 aromatic carbocycles. The molecule has 1 N–H and O–H groups in total. The Balaban J connectivity index is 1.81. The van der Waals surface area contributed by atoms with Crippen molar-refractivity contribution in [2.75, 3.05) is 0 Å². The Kier molecular flexibility index (Phi) is 4.88. The first kappa shape index (κ1) is 17.8. The third-order valence-electron chi connectivity index (χ3n) is 4.35. The average molecular weight is 356 g/mol. The summed E-state index contributed by atoms with van der Waals surface area (Å²) in [6.45, 7) is 5.57. The summed E-state index contributed by atoms with van der Waals surface area (Å²) in [5.41, 5.74) is 1.93. The van der Waals surface area contributed by atoms with E-state index in [1.54, 1.807) is 24.4 Å². The number of carbonyl (C=O) groups excluding carboxylic acids is 1. The minimum absolute atomic E-state index is 0.100. The van der Waals surface area contributed by atoms with Gasteiger partial charge in [-0.05, 0) is 42.7 Å². The molecule has 0 aliphatic carbocycles. The number of hydrogen-bond acceptors (Lipinski definition) is 3. The number of aromatic nitrogens is 3. The second kappa shape index (κ2) is 7.11. The van der Waals surface area contributed by atoms with Gasteiger partial charge >= 0.3 is 5.69 Å². The van der Waals surface area contributed by atoms with Crippen molar-refractivity contribution < 1.29 is 9.18 Å². The van der Waals surface area contributed by atoms with Gasteiger partial charge in [-0.15, -0.1) is 0 Å². The maximum absolute atomic E-state index is 13.1. The zero-order valence-electron chi connectivity index (χ0n) is 14.9. The van der Waals surface area contributed by atoms with Crippen LogP contribution in [0.15, 0.2) is 47.4 Å². The molecular weight excluding hydrogens is 335 g/mol. The average Bonchev–Trinajstić information content (AvgIpc) is 2.98. The lowest BCUT2D eigenvalue weighted by atomic mass is 9.96. The Morgan fingerprint density at radius 3 is 2.54 bits per heavy atom. The summed E-state index contributed by atoms with van der Waals surface area (Å²) >= 11 is 0. The molecule has 0 aliphatic heterocycles. The topological polar surface area (TPSA) is 68.4 Å². The molecule has 0 saturated heterocycles. The van der Waals surface area contributed by atoms with Crippen LogP contribution < -0.4 is 11.0 Å². The predicted octanol–water partition coefficient (Wildman–Crippen LogP) is 2.46. The zero-order chi connectivity index (χ0) is 18.8. The molecule has 7 heteroatoms. The zero-order valence-corrected chi connectivity index (χ0v) is 14.9. The quantitative estimate of drug-likeness (QED) is 0.764. The van der Waals surface area contributed by atoms with E-state index in [-0.39, 0.29) is 35.9 Å². The van der Waals surface area contributed by atoms with E-state index < -0.39 is 0 Å². The van der Waals surface area contributed by atoms with E-state index in [1.165, 1.54) is 16.5 Å². The Labute approximate surface area is 150 Å². The molecule has 0 saturated carbocycles. The smallest absolute Gasteiger partial charge is 0.347 e. The maximum atomic E-state index is 13.1. The van der Waals surface area contributed by atoms with Crippen molar-refractivity contribution in [2.24, 2.45) is 5.92 Å². The van der Waals surface area contributed by atoms with Crippen LogP contribution in [0.2, 0.25) is 0 Å². The van der Waals surface area contributed by atoms with Crippen molar-refractivity contribution in [1.29, 1.82) is 0 Å². The third-order valence-corrected chi connectivity index (χ3v) is 4.35. The fourth-order valence-electron chi connectivity index (χ4n) is 2.98. The molecule has 0 bridgehead atoms. The highest BCUT2D eigenvalue weighted by Crippen LogP contribution is 2.21. The Hall–Kier alpha value is -2.96. The van der Waals surface area contributed by atoms with Gasteiger partial charge in [-0.25, -0.2) is 13.9 Å². The molecule has 0 spiro atoms. The lowest BCUT2D eigenvalue weighted by Crippen LogP contribution is -2.39. The van der Waals surface area contributed by atoms with Gasteiger partial charge in [0.05, 0.1) is 17.8 Å². The van der Waals surface area contributed by atoms with E-state index >= 15 is 0 Å². The number of aryl methyl sites for hydroxylation is 1. The lowest BCUT2D eigenvalue weighted by Gasteiger charge is -2.23. The van der Waals surface area contributed by atoms with E-state index in [1.807, 2.05) is 26.8 Å². The molecule has 6 nitrogen and oxygen atoms in total. The standard InChI is InChI=1S/C19H21FN4O2/c1-12(2)18(14-5-7-15(20)8-6-14)22-17(25)11-23-19(26)24-13(3)4-9-16(24)10-21-23/h4-10,12,18H,11H2,1-3H3,(H,22,25)/t18-/m0/s1. The molecule has 136 valence electrons. The van der Waals surface area contributed by atoms with Crippen molar-refractivity contribution in [2.45, 2.75) is 33.4 Å². The fourth-order valence-corrected chi connectivity index (χ4v) is 2.98. The van der Waals surface area contributed by atoms with Crippen LogP contribution in [0.3, 0.4) is 0 Å². The number of fused-ring (bicyclic) bond motifs is 1. The van der Waals surface area contributed by atoms with Crippen LogP contribution in [0.4, 0.5) is 4.39 Å². The summed E-state index contributed by atoms with van der Waals surface area (Å²) in [5, 5.41) is 6.98. The van der Waals surface area contributed by atoms with E-state index in [4.69, 9.17) is 0 Å². The van der Waals surface area contributed by atoms with Crippen molar-refractivity contribution >= 4 is 11.4 Å². The van der Waals surface area contributed by atoms with Gasteiger partial charge in [0.1, 0.15) is 12.4 Å². The van der Waals surface area contributed by atoms with E-state index in [0.29, 0.717) is 5.52 Å². The molecule has 0 radical (unpaired) electrons. The summed E-state index contributed by atoms with van der Waals surface area (Å²) < 4.78 is 15.8. The SMILES string of the molecule is Cc1ccc2cnn(CC(=O)N[C@H](c3ccc(F)cc3)C(C)C)c(=O)n12. The van der Waals surface area contributed by atoms with E-state index in [2.05, 4.69) is 10.4 Å². The van der Waals surface area contributed by atoms with Crippen LogP contribution in [0.1, 0.15) is 31.1 Å². The summed E-state index contributed by atoms with van der Waals surface area (Å²) in [7, 11) is 0. The predicted molar refractivity (Wildman–Crippen MR) is 96.3 cm³/mol. The van der Waals surface area contributed by atoms with Crippen LogP contribution in [0.5, 0.6) is 0 Å². The lowest BCUT2D eigenvalue weighted by molar-refractivity contribution is -0.123. The molecule has 3 aromatic rings. The first-order chi connectivity index (χ1) is 12.4. The molecule has 2 heterocycles. The summed E-state index contributed by atoms with van der Waals surface area (Å²) in [4.78, 5) is 25.0. The number of amides is 1. The van der Waals surface area contributed by atoms with Crippen LogP contribution in [-0.2, 0) is 11.3 Å². The molecule has 26 heavy (non-hydrogen) atoms. The summed E-state index contributed by atoms with van der Waals surface area (Å²) in [6, 6.07) is 9.39. The van der Waals surface area contributed by atoms with E-state index in [0.717, 1.165) is 15.9 Å². The van der Waals surface area contributed by atoms with Crippen molar-refractivity contribution in [3.63, 3.8) is 0 Å². The molecular formula is C19H21FN4O2. The maximum Gasteiger partial charge on any atom is 0.349 e. The summed E-state index contributed by atoms with van der Waals surface area (Å²) in [6.07, 6.45) is 1.56. The first-order valence-corrected chi connectivity index (χ1v) is 8.46. The second-order valence-electron chi connectivity index (χ2n) is 6.66. The number of carbonyl (C=O) groups is 1. The molecule has 1 atom stereocenters. The minimum Gasteiger partial charge on any atom is -0.347 e. The van der Waals surface area contributed by atoms with Gasteiger partial charge in [-0.1, -0.05) is 26.0 Å². The molecule has 1 amide bonds. The van der Waals surface area contributed by atoms with Gasteiger partial charge in [0, 0.05) is 5.69 Å². The van der Waals surface area contributed by atoms with Crippen molar-refractivity contribution in [1.82, 2.24) is 19.5 Å². The van der Waals surface area contributed by atoms with Gasteiger partial charge in [0.25, 0.3) is 0 Å². The third kappa shape index (κ3) is 3.51. The molecule has 0 aliphatic rings. The second-order valence-corrected chi connectivity index (χ2v) is 6.66. The van der Waals surface area contributed by atoms with Gasteiger partial charge in [-0.2, -0.15) is 5.10 Å². The van der Waals surface area contributed by atoms with Crippen molar-refractivity contribution in [3.8, 4) is 0 Å². The van der Waals surface area contributed by atoms with Gasteiger partial charge in [-0.3, -0.25) is 9.20 Å². The summed E-state index contributed by atoms with van der Waals surface area (Å²) in [5.74, 6) is -0.552. The van der Waals surface area contributed by atoms with Crippen LogP contribution in [0, 0.1) is 18.7 Å². The number of hydrogen-bond donors (Lipinski definition) is 1. The largest absolute Gasteiger partial charge is 0.349 e. The van der Waals surface area contributed by atoms with E-state index in [9.17, 15) is 14.0 Å². The molecule has 3 rings (SSSR count). The number of halogens is 1. The monoisotopic (exact) mass is 356 g/mol. The van der Waals surface area contributed by atoms with Crippen LogP contribution >= 0.6 is 0 Å². The Morgan fingerprint density at radius 1 is 1.19 bits per heavy atom. The molecule has 2 aromatic heterocycles. The normalized spacial score (nSPS) is 12.5. The Morgan fingerprint density at radius 2 is 1.88 bits per heavy atom. The minimum atomic E-state index is -0.358. The Bertz CT molecular complexity index is 989.